The lowest BCUT2D eigenvalue weighted by Crippen LogP contribution is -2.44. The van der Waals surface area contributed by atoms with Crippen LogP contribution in [0, 0.1) is 0 Å². The topological polar surface area (TPSA) is 50.7 Å². The van der Waals surface area contributed by atoms with Crippen LogP contribution in [0.2, 0.25) is 0 Å². The van der Waals surface area contributed by atoms with Crippen molar-refractivity contribution in [3.05, 3.63) is 23.8 Å². The predicted molar refractivity (Wildman–Crippen MR) is 70.1 cm³/mol. The van der Waals surface area contributed by atoms with Crippen molar-refractivity contribution in [2.75, 3.05) is 20.8 Å². The number of hydrogen-bond acceptors (Lipinski definition) is 4. The third-order valence-electron chi connectivity index (χ3n) is 3.42. The fraction of sp³-hybridized carbons (Fsp3) is 0.571. The second-order valence-corrected chi connectivity index (χ2v) is 4.98. The molecule has 0 spiro atoms. The quantitative estimate of drug-likeness (QED) is 0.807. The van der Waals surface area contributed by atoms with Crippen LogP contribution in [0.5, 0.6) is 11.5 Å². The fourth-order valence-corrected chi connectivity index (χ4v) is 2.14. The monoisotopic (exact) mass is 251 g/mol. The average Bonchev–Trinajstić information content (AvgIpc) is 3.21. The number of benzene rings is 1. The van der Waals surface area contributed by atoms with Crippen molar-refractivity contribution in [1.29, 1.82) is 0 Å². The summed E-state index contributed by atoms with van der Waals surface area (Å²) < 4.78 is 10.6. The lowest BCUT2D eigenvalue weighted by molar-refractivity contribution is 0.170. The first-order chi connectivity index (χ1) is 8.62. The van der Waals surface area contributed by atoms with E-state index in [1.165, 1.54) is 12.8 Å². The maximum absolute atomic E-state index is 9.71. The number of aliphatic hydroxyl groups excluding tert-OH is 1. The molecule has 1 atom stereocenters. The molecular formula is C14H21NO3. The van der Waals surface area contributed by atoms with Gasteiger partial charge in [-0.15, -0.1) is 0 Å². The molecule has 1 aromatic rings. The summed E-state index contributed by atoms with van der Waals surface area (Å²) in [6, 6.07) is 6.19. The fourth-order valence-electron chi connectivity index (χ4n) is 2.14. The first kappa shape index (κ1) is 13.2. The third kappa shape index (κ3) is 2.60. The molecule has 100 valence electrons. The summed E-state index contributed by atoms with van der Waals surface area (Å²) >= 11 is 0. The van der Waals surface area contributed by atoms with E-state index in [-0.39, 0.29) is 6.61 Å². The molecule has 1 aromatic carbocycles. The van der Waals surface area contributed by atoms with Crippen LogP contribution in [0.25, 0.3) is 0 Å². The van der Waals surface area contributed by atoms with Gasteiger partial charge in [-0.05, 0) is 31.9 Å². The summed E-state index contributed by atoms with van der Waals surface area (Å²) in [6.45, 7) is 2.03. The molecule has 1 aliphatic rings. The van der Waals surface area contributed by atoms with E-state index >= 15 is 0 Å². The van der Waals surface area contributed by atoms with E-state index in [4.69, 9.17) is 9.47 Å². The maximum atomic E-state index is 9.71. The summed E-state index contributed by atoms with van der Waals surface area (Å²) in [6.07, 6.45) is 2.35. The van der Waals surface area contributed by atoms with Crippen LogP contribution in [-0.4, -0.2) is 32.0 Å². The van der Waals surface area contributed by atoms with Crippen LogP contribution in [-0.2, 0) is 5.54 Å². The Morgan fingerprint density at radius 1 is 1.33 bits per heavy atom. The zero-order valence-electron chi connectivity index (χ0n) is 11.2. The van der Waals surface area contributed by atoms with E-state index in [0.717, 1.165) is 17.1 Å². The Morgan fingerprint density at radius 2 is 2.06 bits per heavy atom. The number of methoxy groups -OCH3 is 2. The van der Waals surface area contributed by atoms with Gasteiger partial charge in [0.15, 0.2) is 0 Å². The van der Waals surface area contributed by atoms with Gasteiger partial charge in [0.1, 0.15) is 11.5 Å². The smallest absolute Gasteiger partial charge is 0.127 e. The van der Waals surface area contributed by atoms with E-state index in [1.807, 2.05) is 25.1 Å². The molecule has 1 saturated carbocycles. The summed E-state index contributed by atoms with van der Waals surface area (Å²) in [7, 11) is 3.26. The minimum atomic E-state index is -0.473. The first-order valence-corrected chi connectivity index (χ1v) is 6.24. The van der Waals surface area contributed by atoms with Gasteiger partial charge < -0.3 is 19.9 Å². The molecule has 1 aliphatic carbocycles. The number of rotatable bonds is 6. The lowest BCUT2D eigenvalue weighted by atomic mass is 9.91. The Balaban J connectivity index is 2.33. The summed E-state index contributed by atoms with van der Waals surface area (Å²) in [5.74, 6) is 1.49. The second-order valence-electron chi connectivity index (χ2n) is 4.98. The molecular weight excluding hydrogens is 230 g/mol. The summed E-state index contributed by atoms with van der Waals surface area (Å²) in [5.41, 5.74) is 0.485. The first-order valence-electron chi connectivity index (χ1n) is 6.24. The molecule has 4 heteroatoms. The van der Waals surface area contributed by atoms with Gasteiger partial charge in [-0.1, -0.05) is 0 Å². The number of nitrogens with one attached hydrogen (secondary N) is 1. The van der Waals surface area contributed by atoms with Crippen molar-refractivity contribution in [3.63, 3.8) is 0 Å². The molecule has 0 bridgehead atoms. The molecule has 4 nitrogen and oxygen atoms in total. The molecule has 0 aliphatic heterocycles. The predicted octanol–water partition coefficient (Wildman–Crippen LogP) is 1.66. The van der Waals surface area contributed by atoms with Crippen molar-refractivity contribution >= 4 is 0 Å². The SMILES string of the molecule is COc1ccc(C(C)(CO)NC2CC2)c(OC)c1. The molecule has 0 amide bonds. The highest BCUT2D eigenvalue weighted by molar-refractivity contribution is 5.44. The summed E-state index contributed by atoms with van der Waals surface area (Å²) in [4.78, 5) is 0. The number of aliphatic hydroxyl groups is 1. The van der Waals surface area contributed by atoms with Crippen LogP contribution >= 0.6 is 0 Å². The molecule has 2 N–H and O–H groups in total. The van der Waals surface area contributed by atoms with Gasteiger partial charge in [-0.3, -0.25) is 0 Å². The highest BCUT2D eigenvalue weighted by atomic mass is 16.5. The molecule has 0 aromatic heterocycles. The van der Waals surface area contributed by atoms with Gasteiger partial charge in [-0.2, -0.15) is 0 Å². The van der Waals surface area contributed by atoms with Crippen molar-refractivity contribution < 1.29 is 14.6 Å². The van der Waals surface area contributed by atoms with Crippen LogP contribution in [0.4, 0.5) is 0 Å². The zero-order chi connectivity index (χ0) is 13.2. The largest absolute Gasteiger partial charge is 0.497 e. The Morgan fingerprint density at radius 3 is 2.56 bits per heavy atom. The van der Waals surface area contributed by atoms with Gasteiger partial charge in [0.2, 0.25) is 0 Å². The Labute approximate surface area is 108 Å². The van der Waals surface area contributed by atoms with E-state index in [1.54, 1.807) is 14.2 Å². The Bertz CT molecular complexity index is 418. The van der Waals surface area contributed by atoms with Crippen molar-refractivity contribution in [2.24, 2.45) is 0 Å². The van der Waals surface area contributed by atoms with Crippen molar-refractivity contribution in [2.45, 2.75) is 31.3 Å². The van der Waals surface area contributed by atoms with Crippen LogP contribution < -0.4 is 14.8 Å². The lowest BCUT2D eigenvalue weighted by Gasteiger charge is -2.31. The molecule has 2 rings (SSSR count). The number of hydrogen-bond donors (Lipinski definition) is 2. The maximum Gasteiger partial charge on any atom is 0.127 e. The second kappa shape index (κ2) is 5.16. The van der Waals surface area contributed by atoms with Crippen LogP contribution in [0.1, 0.15) is 25.3 Å². The van der Waals surface area contributed by atoms with Gasteiger partial charge in [-0.25, -0.2) is 0 Å². The standard InChI is InChI=1S/C14H21NO3/c1-14(9-16,15-10-4-5-10)12-7-6-11(17-2)8-13(12)18-3/h6-8,10,15-16H,4-5,9H2,1-3H3. The summed E-state index contributed by atoms with van der Waals surface area (Å²) in [5, 5.41) is 13.2. The van der Waals surface area contributed by atoms with Crippen LogP contribution in [0.15, 0.2) is 18.2 Å². The highest BCUT2D eigenvalue weighted by Crippen LogP contribution is 2.35. The van der Waals surface area contributed by atoms with Gasteiger partial charge in [0, 0.05) is 17.7 Å². The van der Waals surface area contributed by atoms with E-state index in [2.05, 4.69) is 5.32 Å². The molecule has 1 fully saturated rings. The minimum absolute atomic E-state index is 0.0339. The average molecular weight is 251 g/mol. The molecule has 0 radical (unpaired) electrons. The molecule has 0 heterocycles. The van der Waals surface area contributed by atoms with Crippen molar-refractivity contribution in [3.8, 4) is 11.5 Å². The van der Waals surface area contributed by atoms with E-state index < -0.39 is 5.54 Å². The minimum Gasteiger partial charge on any atom is -0.497 e. The highest BCUT2D eigenvalue weighted by Gasteiger charge is 2.35. The van der Waals surface area contributed by atoms with E-state index in [9.17, 15) is 5.11 Å². The molecule has 18 heavy (non-hydrogen) atoms. The van der Waals surface area contributed by atoms with Gasteiger partial charge >= 0.3 is 0 Å². The van der Waals surface area contributed by atoms with Crippen LogP contribution in [0.3, 0.4) is 0 Å². The zero-order valence-corrected chi connectivity index (χ0v) is 11.2. The molecule has 0 saturated heterocycles. The van der Waals surface area contributed by atoms with Gasteiger partial charge in [0.05, 0.1) is 26.4 Å². The third-order valence-corrected chi connectivity index (χ3v) is 3.42. The van der Waals surface area contributed by atoms with Crippen molar-refractivity contribution in [1.82, 2.24) is 5.32 Å². The Hall–Kier alpha value is -1.26. The normalized spacial score (nSPS) is 18.2. The van der Waals surface area contributed by atoms with E-state index in [0.29, 0.717) is 6.04 Å². The Kier molecular flexibility index (Phi) is 3.78. The number of ether oxygens (including phenoxy) is 2. The van der Waals surface area contributed by atoms with Gasteiger partial charge in [0.25, 0.3) is 0 Å². The molecule has 1 unspecified atom stereocenters.